The molecule has 0 spiro atoms. The van der Waals surface area contributed by atoms with Crippen LogP contribution in [0.5, 0.6) is 0 Å². The topological polar surface area (TPSA) is 257 Å². The quantitative estimate of drug-likeness (QED) is 0.111. The van der Waals surface area contributed by atoms with E-state index in [-0.39, 0.29) is 0 Å². The van der Waals surface area contributed by atoms with Crippen LogP contribution in [0.4, 0.5) is 0 Å². The molecule has 2 heterocycles. The third kappa shape index (κ3) is 6.17. The number of hydrogen-bond acceptors (Lipinski definition) is 14. The molecule has 34 heavy (non-hydrogen) atoms. The molecule has 10 atom stereocenters. The fourth-order valence-corrected chi connectivity index (χ4v) is 3.85. The zero-order valence-corrected chi connectivity index (χ0v) is 18.9. The summed E-state index contributed by atoms with van der Waals surface area (Å²) < 4.78 is 60.6. The number of aliphatic hydroxyl groups is 4. The van der Waals surface area contributed by atoms with Gasteiger partial charge in [-0.05, 0) is 0 Å². The lowest BCUT2D eigenvalue weighted by Gasteiger charge is -2.51. The van der Waals surface area contributed by atoms with Crippen LogP contribution in [0, 0.1) is 0 Å². The highest BCUT2D eigenvalue weighted by Gasteiger charge is 2.60. The van der Waals surface area contributed by atoms with Crippen molar-refractivity contribution in [2.45, 2.75) is 68.0 Å². The summed E-state index contributed by atoms with van der Waals surface area (Å²) in [6, 6.07) is -1.55. The molecule has 0 aromatic rings. The molecule has 2 aliphatic heterocycles. The van der Waals surface area contributed by atoms with Crippen LogP contribution in [-0.4, -0.2) is 132 Å². The normalized spacial score (nSPS) is 41.1. The summed E-state index contributed by atoms with van der Waals surface area (Å²) in [6.07, 6.45) is -15.3. The standard InChI is InChI=1S/C16H27NO16S/c1-5(18)17-7-12(21)16(24,6(31-14(7)29-3)4-30-34(25,26)27)33-15-9(20)8(19)10(28-2)11(32-15)13(22)23/h6-12,14-15,19-21,24H,4H2,1-3H3,(H,17,18)(H,22,23)(H,25,26,27)/t6?,7?,8-,9?,10+,11?,12-,14-,15+,16-/m1/s1. The summed E-state index contributed by atoms with van der Waals surface area (Å²) in [5, 5.41) is 54.2. The molecule has 198 valence electrons. The van der Waals surface area contributed by atoms with Crippen molar-refractivity contribution in [3.63, 3.8) is 0 Å². The van der Waals surface area contributed by atoms with Gasteiger partial charge in [-0.1, -0.05) is 0 Å². The third-order valence-corrected chi connectivity index (χ3v) is 5.59. The average molecular weight is 521 g/mol. The first-order valence-corrected chi connectivity index (χ1v) is 10.9. The highest BCUT2D eigenvalue weighted by Crippen LogP contribution is 2.36. The molecule has 0 bridgehead atoms. The van der Waals surface area contributed by atoms with Gasteiger partial charge >= 0.3 is 16.4 Å². The molecule has 2 saturated heterocycles. The van der Waals surface area contributed by atoms with Gasteiger partial charge in [0.05, 0.1) is 0 Å². The van der Waals surface area contributed by atoms with E-state index in [1.165, 1.54) is 0 Å². The lowest BCUT2D eigenvalue weighted by molar-refractivity contribution is -0.426. The maximum atomic E-state index is 11.6. The zero-order chi connectivity index (χ0) is 26.0. The molecule has 18 heteroatoms. The average Bonchev–Trinajstić information content (AvgIpc) is 2.73. The Bertz CT molecular complexity index is 839. The molecule has 0 aromatic heterocycles. The molecule has 0 aromatic carbocycles. The molecule has 0 aliphatic carbocycles. The van der Waals surface area contributed by atoms with Crippen LogP contribution in [-0.2, 0) is 47.9 Å². The summed E-state index contributed by atoms with van der Waals surface area (Å²) in [5.41, 5.74) is 0. The van der Waals surface area contributed by atoms with Crippen LogP contribution in [0.1, 0.15) is 6.92 Å². The summed E-state index contributed by atoms with van der Waals surface area (Å²) in [6.45, 7) is -0.132. The van der Waals surface area contributed by atoms with Crippen molar-refractivity contribution in [1.82, 2.24) is 5.32 Å². The van der Waals surface area contributed by atoms with Gasteiger partial charge in [0, 0.05) is 21.1 Å². The minimum absolute atomic E-state index is 0.720. The van der Waals surface area contributed by atoms with Gasteiger partial charge in [-0.15, -0.1) is 0 Å². The molecule has 1 amide bonds. The molecule has 7 N–H and O–H groups in total. The van der Waals surface area contributed by atoms with E-state index in [0.29, 0.717) is 0 Å². The lowest BCUT2D eigenvalue weighted by Crippen LogP contribution is -2.74. The Morgan fingerprint density at radius 2 is 1.68 bits per heavy atom. The molecular weight excluding hydrogens is 494 g/mol. The van der Waals surface area contributed by atoms with Crippen LogP contribution < -0.4 is 5.32 Å². The zero-order valence-electron chi connectivity index (χ0n) is 18.1. The van der Waals surface area contributed by atoms with E-state index >= 15 is 0 Å². The fourth-order valence-electron chi connectivity index (χ4n) is 3.56. The summed E-state index contributed by atoms with van der Waals surface area (Å²) >= 11 is 0. The van der Waals surface area contributed by atoms with Crippen LogP contribution in [0.2, 0.25) is 0 Å². The summed E-state index contributed by atoms with van der Waals surface area (Å²) in [5.74, 6) is -5.45. The Balaban J connectivity index is 2.43. The van der Waals surface area contributed by atoms with E-state index in [1.54, 1.807) is 0 Å². The maximum absolute atomic E-state index is 11.6. The maximum Gasteiger partial charge on any atom is 0.397 e. The van der Waals surface area contributed by atoms with Crippen LogP contribution >= 0.6 is 0 Å². The van der Waals surface area contributed by atoms with E-state index in [1.807, 2.05) is 0 Å². The van der Waals surface area contributed by atoms with Gasteiger partial charge in [0.2, 0.25) is 11.7 Å². The van der Waals surface area contributed by atoms with Crippen LogP contribution in [0.3, 0.4) is 0 Å². The lowest BCUT2D eigenvalue weighted by atomic mass is 9.92. The SMILES string of the molecule is CO[C@@H]1OC(COS(=O)(=O)O)[C@@](O)(O[C@@H]2OC(C(=O)O)[C@@H](OC)[C@H](O)C2O)[C@H](O)C1NC(C)=O. The molecular formula is C16H27NO16S. The first-order valence-electron chi connectivity index (χ1n) is 9.58. The number of methoxy groups -OCH3 is 2. The van der Waals surface area contributed by atoms with E-state index in [9.17, 15) is 43.5 Å². The second-order valence-electron chi connectivity index (χ2n) is 7.43. The Hall–Kier alpha value is -1.55. The number of rotatable bonds is 9. The first-order chi connectivity index (χ1) is 15.7. The number of carbonyl (C=O) groups is 2. The molecule has 0 radical (unpaired) electrons. The molecule has 4 unspecified atom stereocenters. The van der Waals surface area contributed by atoms with Crippen molar-refractivity contribution in [2.24, 2.45) is 0 Å². The predicted molar refractivity (Wildman–Crippen MR) is 102 cm³/mol. The number of nitrogens with one attached hydrogen (secondary N) is 1. The number of amides is 1. The summed E-state index contributed by atoms with van der Waals surface area (Å²) in [7, 11) is -2.96. The first kappa shape index (κ1) is 28.7. The van der Waals surface area contributed by atoms with Gasteiger partial charge in [-0.2, -0.15) is 8.42 Å². The molecule has 2 aliphatic rings. The van der Waals surface area contributed by atoms with E-state index < -0.39 is 89.9 Å². The fraction of sp³-hybridized carbons (Fsp3) is 0.875. The van der Waals surface area contributed by atoms with Gasteiger partial charge in [-0.3, -0.25) is 9.35 Å². The van der Waals surface area contributed by atoms with Crippen molar-refractivity contribution < 1.29 is 76.0 Å². The Labute approximate surface area is 193 Å². The number of ether oxygens (including phenoxy) is 5. The van der Waals surface area contributed by atoms with Crippen LogP contribution in [0.25, 0.3) is 0 Å². The highest BCUT2D eigenvalue weighted by atomic mass is 32.3. The smallest absolute Gasteiger partial charge is 0.397 e. The molecule has 0 saturated carbocycles. The molecule has 17 nitrogen and oxygen atoms in total. The monoisotopic (exact) mass is 521 g/mol. The second kappa shape index (κ2) is 11.0. The third-order valence-electron chi connectivity index (χ3n) is 5.15. The van der Waals surface area contributed by atoms with E-state index in [0.717, 1.165) is 21.1 Å². The van der Waals surface area contributed by atoms with Crippen LogP contribution in [0.15, 0.2) is 0 Å². The minimum Gasteiger partial charge on any atom is -0.479 e. The Kier molecular flexibility index (Phi) is 9.29. The van der Waals surface area contributed by atoms with Gasteiger partial charge in [0.15, 0.2) is 18.7 Å². The van der Waals surface area contributed by atoms with Crippen molar-refractivity contribution >= 4 is 22.3 Å². The van der Waals surface area contributed by atoms with Crippen molar-refractivity contribution in [2.75, 3.05) is 20.8 Å². The summed E-state index contributed by atoms with van der Waals surface area (Å²) in [4.78, 5) is 23.1. The van der Waals surface area contributed by atoms with Crippen molar-refractivity contribution in [3.05, 3.63) is 0 Å². The number of carboxylic acids is 1. The van der Waals surface area contributed by atoms with Gasteiger partial charge < -0.3 is 54.5 Å². The number of aliphatic carboxylic acids is 1. The number of aliphatic hydroxyl groups excluding tert-OH is 3. The number of carboxylic acid groups (broad SMARTS) is 1. The van der Waals surface area contributed by atoms with Gasteiger partial charge in [-0.25, -0.2) is 8.98 Å². The van der Waals surface area contributed by atoms with E-state index in [2.05, 4.69) is 9.50 Å². The van der Waals surface area contributed by atoms with Crippen molar-refractivity contribution in [1.29, 1.82) is 0 Å². The Morgan fingerprint density at radius 1 is 1.06 bits per heavy atom. The predicted octanol–water partition coefficient (Wildman–Crippen LogP) is -4.71. The van der Waals surface area contributed by atoms with Gasteiger partial charge in [0.25, 0.3) is 0 Å². The minimum atomic E-state index is -5.08. The largest absolute Gasteiger partial charge is 0.479 e. The van der Waals surface area contributed by atoms with Gasteiger partial charge in [0.1, 0.15) is 43.2 Å². The molecule has 2 fully saturated rings. The number of carbonyl (C=O) groups excluding carboxylic acids is 1. The number of hydrogen-bond donors (Lipinski definition) is 7. The second-order valence-corrected chi connectivity index (χ2v) is 8.52. The Morgan fingerprint density at radius 3 is 2.15 bits per heavy atom. The highest BCUT2D eigenvalue weighted by molar-refractivity contribution is 7.80. The van der Waals surface area contributed by atoms with Crippen molar-refractivity contribution in [3.8, 4) is 0 Å². The van der Waals surface area contributed by atoms with E-state index in [4.69, 9.17) is 28.2 Å². The molecule has 2 rings (SSSR count).